The molecule has 0 aliphatic heterocycles. The van der Waals surface area contributed by atoms with Gasteiger partial charge >= 0.3 is 5.97 Å². The van der Waals surface area contributed by atoms with Crippen LogP contribution in [-0.4, -0.2) is 17.4 Å². The molecule has 0 unspecified atom stereocenters. The highest BCUT2D eigenvalue weighted by Gasteiger charge is 2.18. The zero-order chi connectivity index (χ0) is 13.8. The van der Waals surface area contributed by atoms with Crippen molar-refractivity contribution in [3.63, 3.8) is 0 Å². The van der Waals surface area contributed by atoms with E-state index in [-0.39, 0.29) is 18.6 Å². The number of carbonyl (C=O) groups excluding carboxylic acids is 2. The summed E-state index contributed by atoms with van der Waals surface area (Å²) in [6.07, 6.45) is -0.245. The van der Waals surface area contributed by atoms with Crippen molar-refractivity contribution in [1.82, 2.24) is 0 Å². The molecule has 0 radical (unpaired) electrons. The molecular formula is C14H17FO3. The molecule has 0 saturated heterocycles. The molecule has 0 saturated carbocycles. The number of Topliss-reactive ketones (excluding diaryl/α,β-unsaturated/α-hetero) is 1. The molecule has 0 bridgehead atoms. The third kappa shape index (κ3) is 5.57. The number of ether oxygens (including phenoxy) is 1. The van der Waals surface area contributed by atoms with Crippen molar-refractivity contribution < 1.29 is 18.7 Å². The number of halogens is 1. The van der Waals surface area contributed by atoms with Crippen LogP contribution in [0.3, 0.4) is 0 Å². The van der Waals surface area contributed by atoms with E-state index in [0.29, 0.717) is 5.56 Å². The number of rotatable bonds is 4. The zero-order valence-electron chi connectivity index (χ0n) is 10.8. The monoisotopic (exact) mass is 252 g/mol. The van der Waals surface area contributed by atoms with Gasteiger partial charge in [0.15, 0.2) is 0 Å². The lowest BCUT2D eigenvalue weighted by atomic mass is 10.1. The molecule has 0 amide bonds. The van der Waals surface area contributed by atoms with Crippen LogP contribution in [0.4, 0.5) is 4.39 Å². The van der Waals surface area contributed by atoms with Crippen LogP contribution >= 0.6 is 0 Å². The highest BCUT2D eigenvalue weighted by molar-refractivity contribution is 5.96. The molecule has 0 atom stereocenters. The van der Waals surface area contributed by atoms with Gasteiger partial charge in [-0.3, -0.25) is 9.59 Å². The number of ketones is 1. The van der Waals surface area contributed by atoms with Crippen LogP contribution in [0.15, 0.2) is 24.3 Å². The van der Waals surface area contributed by atoms with Crippen LogP contribution in [0, 0.1) is 5.82 Å². The van der Waals surface area contributed by atoms with Crippen LogP contribution in [0.25, 0.3) is 0 Å². The van der Waals surface area contributed by atoms with Crippen LogP contribution in [0.1, 0.15) is 32.8 Å². The molecule has 0 fully saturated rings. The van der Waals surface area contributed by atoms with E-state index < -0.39 is 17.4 Å². The fourth-order valence-electron chi connectivity index (χ4n) is 1.48. The van der Waals surface area contributed by atoms with Gasteiger partial charge in [-0.2, -0.15) is 0 Å². The van der Waals surface area contributed by atoms with Crippen LogP contribution in [0.2, 0.25) is 0 Å². The Bertz CT molecular complexity index is 447. The van der Waals surface area contributed by atoms with Gasteiger partial charge in [-0.25, -0.2) is 4.39 Å². The number of hydrogen-bond acceptors (Lipinski definition) is 3. The highest BCUT2D eigenvalue weighted by atomic mass is 19.1. The van der Waals surface area contributed by atoms with Crippen LogP contribution < -0.4 is 0 Å². The second-order valence-electron chi connectivity index (χ2n) is 5.11. The maximum absolute atomic E-state index is 12.9. The van der Waals surface area contributed by atoms with Gasteiger partial charge < -0.3 is 4.74 Å². The van der Waals surface area contributed by atoms with Crippen molar-refractivity contribution in [2.45, 2.75) is 39.2 Å². The molecule has 1 aromatic rings. The van der Waals surface area contributed by atoms with E-state index in [2.05, 4.69) is 0 Å². The first kappa shape index (κ1) is 14.4. The average Bonchev–Trinajstić information content (AvgIpc) is 2.13. The predicted octanol–water partition coefficient (Wildman–Crippen LogP) is 2.67. The fraction of sp³-hybridized carbons (Fsp3) is 0.429. The van der Waals surface area contributed by atoms with E-state index in [0.717, 1.165) is 0 Å². The first-order valence-corrected chi connectivity index (χ1v) is 5.74. The zero-order valence-corrected chi connectivity index (χ0v) is 10.8. The average molecular weight is 252 g/mol. The molecule has 1 aromatic carbocycles. The molecule has 0 N–H and O–H groups in total. The summed E-state index contributed by atoms with van der Waals surface area (Å²) in [7, 11) is 0. The smallest absolute Gasteiger partial charge is 0.313 e. The lowest BCUT2D eigenvalue weighted by Gasteiger charge is -2.19. The Morgan fingerprint density at radius 1 is 1.28 bits per heavy atom. The topological polar surface area (TPSA) is 43.4 Å². The second kappa shape index (κ2) is 5.76. The largest absolute Gasteiger partial charge is 0.460 e. The summed E-state index contributed by atoms with van der Waals surface area (Å²) in [5.74, 6) is -1.23. The minimum atomic E-state index is -0.601. The van der Waals surface area contributed by atoms with Crippen molar-refractivity contribution in [2.75, 3.05) is 0 Å². The summed E-state index contributed by atoms with van der Waals surface area (Å²) in [6.45, 7) is 5.21. The van der Waals surface area contributed by atoms with Gasteiger partial charge in [0.05, 0.1) is 0 Å². The van der Waals surface area contributed by atoms with Gasteiger partial charge in [-0.1, -0.05) is 12.1 Å². The van der Waals surface area contributed by atoms with Crippen molar-refractivity contribution in [2.24, 2.45) is 0 Å². The maximum atomic E-state index is 12.9. The summed E-state index contributed by atoms with van der Waals surface area (Å²) in [5.41, 5.74) is -0.0421. The Morgan fingerprint density at radius 2 is 1.94 bits per heavy atom. The third-order valence-electron chi connectivity index (χ3n) is 2.05. The van der Waals surface area contributed by atoms with Crippen molar-refractivity contribution in [1.29, 1.82) is 0 Å². The molecule has 0 aliphatic carbocycles. The normalized spacial score (nSPS) is 11.1. The standard InChI is InChI=1S/C14H17FO3/c1-14(2,3)18-13(17)9-12(16)8-10-5-4-6-11(15)7-10/h4-7H,8-9H2,1-3H3. The summed E-state index contributed by atoms with van der Waals surface area (Å²) in [6, 6.07) is 5.77. The minimum absolute atomic E-state index is 0.0387. The van der Waals surface area contributed by atoms with E-state index >= 15 is 0 Å². The summed E-state index contributed by atoms with van der Waals surface area (Å²) in [5, 5.41) is 0. The van der Waals surface area contributed by atoms with Crippen LogP contribution in [-0.2, 0) is 20.7 Å². The number of carbonyl (C=O) groups is 2. The van der Waals surface area contributed by atoms with Crippen molar-refractivity contribution in [3.05, 3.63) is 35.6 Å². The highest BCUT2D eigenvalue weighted by Crippen LogP contribution is 2.10. The molecule has 0 heterocycles. The number of hydrogen-bond donors (Lipinski definition) is 0. The lowest BCUT2D eigenvalue weighted by Crippen LogP contribution is -2.25. The van der Waals surface area contributed by atoms with E-state index in [9.17, 15) is 14.0 Å². The quantitative estimate of drug-likeness (QED) is 0.611. The summed E-state index contributed by atoms with van der Waals surface area (Å²) >= 11 is 0. The molecule has 18 heavy (non-hydrogen) atoms. The van der Waals surface area contributed by atoms with Gasteiger partial charge in [-0.05, 0) is 38.5 Å². The Hall–Kier alpha value is -1.71. The van der Waals surface area contributed by atoms with Gasteiger partial charge in [0, 0.05) is 6.42 Å². The molecule has 4 heteroatoms. The van der Waals surface area contributed by atoms with E-state index in [1.165, 1.54) is 18.2 Å². The van der Waals surface area contributed by atoms with Gasteiger partial charge in [-0.15, -0.1) is 0 Å². The molecule has 0 aromatic heterocycles. The van der Waals surface area contributed by atoms with Crippen molar-refractivity contribution in [3.8, 4) is 0 Å². The third-order valence-corrected chi connectivity index (χ3v) is 2.05. The fourth-order valence-corrected chi connectivity index (χ4v) is 1.48. The lowest BCUT2D eigenvalue weighted by molar-refractivity contribution is -0.156. The van der Waals surface area contributed by atoms with Gasteiger partial charge in [0.1, 0.15) is 23.6 Å². The molecule has 0 aliphatic rings. The second-order valence-corrected chi connectivity index (χ2v) is 5.11. The van der Waals surface area contributed by atoms with Crippen molar-refractivity contribution >= 4 is 11.8 Å². The number of benzene rings is 1. The summed E-state index contributed by atoms with van der Waals surface area (Å²) < 4.78 is 17.9. The number of esters is 1. The van der Waals surface area contributed by atoms with Crippen LogP contribution in [0.5, 0.6) is 0 Å². The first-order chi connectivity index (χ1) is 8.26. The first-order valence-electron chi connectivity index (χ1n) is 5.74. The summed E-state index contributed by atoms with van der Waals surface area (Å²) in [4.78, 5) is 23.0. The predicted molar refractivity (Wildman–Crippen MR) is 65.6 cm³/mol. The maximum Gasteiger partial charge on any atom is 0.313 e. The van der Waals surface area contributed by atoms with E-state index in [1.807, 2.05) is 0 Å². The SMILES string of the molecule is CC(C)(C)OC(=O)CC(=O)Cc1cccc(F)c1. The molecule has 1 rings (SSSR count). The van der Waals surface area contributed by atoms with E-state index in [4.69, 9.17) is 4.74 Å². The Morgan fingerprint density at radius 3 is 2.50 bits per heavy atom. The Balaban J connectivity index is 2.50. The Labute approximate surface area is 106 Å². The molecular weight excluding hydrogens is 235 g/mol. The van der Waals surface area contributed by atoms with Gasteiger partial charge in [0.2, 0.25) is 0 Å². The molecule has 3 nitrogen and oxygen atoms in total. The van der Waals surface area contributed by atoms with E-state index in [1.54, 1.807) is 26.8 Å². The Kier molecular flexibility index (Phi) is 4.59. The molecule has 98 valence electrons. The minimum Gasteiger partial charge on any atom is -0.460 e. The van der Waals surface area contributed by atoms with Gasteiger partial charge in [0.25, 0.3) is 0 Å². The molecule has 0 spiro atoms.